The van der Waals surface area contributed by atoms with E-state index in [0.717, 1.165) is 17.5 Å². The minimum Gasteiger partial charge on any atom is -0.324 e. The summed E-state index contributed by atoms with van der Waals surface area (Å²) in [5.41, 5.74) is 3.24. The highest BCUT2D eigenvalue weighted by molar-refractivity contribution is 6.00. The summed E-state index contributed by atoms with van der Waals surface area (Å²) in [6.45, 7) is 4.65. The maximum absolute atomic E-state index is 12.7. The molecular weight excluding hydrogens is 492 g/mol. The third-order valence-corrected chi connectivity index (χ3v) is 6.68. The van der Waals surface area contributed by atoms with Crippen LogP contribution in [-0.2, 0) is 19.2 Å². The molecule has 0 spiro atoms. The van der Waals surface area contributed by atoms with Crippen molar-refractivity contribution in [2.45, 2.75) is 45.2 Å². The van der Waals surface area contributed by atoms with Gasteiger partial charge in [-0.05, 0) is 41.8 Å². The van der Waals surface area contributed by atoms with Crippen LogP contribution < -0.4 is 10.6 Å². The van der Waals surface area contributed by atoms with Gasteiger partial charge in [-0.3, -0.25) is 19.2 Å². The summed E-state index contributed by atoms with van der Waals surface area (Å²) in [7, 11) is 0. The molecule has 2 atom stereocenters. The second-order valence-electron chi connectivity index (χ2n) is 9.50. The topological polar surface area (TPSA) is 98.8 Å². The quantitative estimate of drug-likeness (QED) is 0.372. The molecule has 2 heterocycles. The molecule has 2 aliphatic rings. The normalized spacial score (nSPS) is 18.1. The summed E-state index contributed by atoms with van der Waals surface area (Å²) in [5.74, 6) is -0.519. The van der Waals surface area contributed by atoms with Gasteiger partial charge in [0, 0.05) is 37.3 Å². The molecule has 0 bridgehead atoms. The lowest BCUT2D eigenvalue weighted by atomic mass is 10.1. The Hall–Kier alpha value is -4.46. The molecule has 0 fully saturated rings. The highest BCUT2D eigenvalue weighted by Crippen LogP contribution is 2.19. The Morgan fingerprint density at radius 3 is 1.56 bits per heavy atom. The molecule has 8 nitrogen and oxygen atoms in total. The Bertz CT molecular complexity index is 1290. The van der Waals surface area contributed by atoms with Gasteiger partial charge in [-0.15, -0.1) is 0 Å². The first-order valence-corrected chi connectivity index (χ1v) is 13.3. The number of hydrogen-bond donors (Lipinski definition) is 2. The van der Waals surface area contributed by atoms with Gasteiger partial charge in [-0.2, -0.15) is 0 Å². The molecular formula is C31H34N4O4. The highest BCUT2D eigenvalue weighted by atomic mass is 16.2. The van der Waals surface area contributed by atoms with Gasteiger partial charge in [-0.25, -0.2) is 0 Å². The maximum atomic E-state index is 12.7. The van der Waals surface area contributed by atoms with Gasteiger partial charge in [0.25, 0.3) is 11.8 Å². The zero-order chi connectivity index (χ0) is 27.8. The SMILES string of the molecule is CCCC(=O)N1CC=C[C@H]1C(=O)Nc1ccc(/C=C/c2ccc(NC(=O)[C@@H]3C=CCN3C(=O)CC)cc2)cc1. The summed E-state index contributed by atoms with van der Waals surface area (Å²) in [5, 5.41) is 5.78. The van der Waals surface area contributed by atoms with Crippen molar-refractivity contribution in [2.24, 2.45) is 0 Å². The van der Waals surface area contributed by atoms with E-state index >= 15 is 0 Å². The van der Waals surface area contributed by atoms with E-state index in [1.807, 2.05) is 79.8 Å². The Morgan fingerprint density at radius 1 is 0.718 bits per heavy atom. The molecule has 4 amide bonds. The largest absolute Gasteiger partial charge is 0.324 e. The lowest BCUT2D eigenvalue weighted by Crippen LogP contribution is -2.43. The van der Waals surface area contributed by atoms with Gasteiger partial charge in [-0.1, -0.05) is 74.6 Å². The van der Waals surface area contributed by atoms with Crippen molar-refractivity contribution < 1.29 is 19.2 Å². The Morgan fingerprint density at radius 2 is 1.15 bits per heavy atom. The predicted octanol–water partition coefficient (Wildman–Crippen LogP) is 4.48. The molecule has 2 aromatic carbocycles. The van der Waals surface area contributed by atoms with Crippen molar-refractivity contribution in [1.82, 2.24) is 9.80 Å². The van der Waals surface area contributed by atoms with Gasteiger partial charge < -0.3 is 20.4 Å². The summed E-state index contributed by atoms with van der Waals surface area (Å²) in [4.78, 5) is 52.9. The van der Waals surface area contributed by atoms with Gasteiger partial charge >= 0.3 is 0 Å². The summed E-state index contributed by atoms with van der Waals surface area (Å²) < 4.78 is 0. The van der Waals surface area contributed by atoms with Crippen molar-refractivity contribution in [3.63, 3.8) is 0 Å². The lowest BCUT2D eigenvalue weighted by molar-refractivity contribution is -0.136. The van der Waals surface area contributed by atoms with Crippen LogP contribution in [0.15, 0.2) is 72.8 Å². The first-order valence-electron chi connectivity index (χ1n) is 13.3. The average molecular weight is 527 g/mol. The monoisotopic (exact) mass is 526 g/mol. The number of nitrogens with one attached hydrogen (secondary N) is 2. The van der Waals surface area contributed by atoms with Crippen LogP contribution >= 0.6 is 0 Å². The molecule has 0 aliphatic carbocycles. The summed E-state index contributed by atoms with van der Waals surface area (Å²) in [6, 6.07) is 13.8. The van der Waals surface area contributed by atoms with E-state index < -0.39 is 12.1 Å². The molecule has 2 aromatic rings. The van der Waals surface area contributed by atoms with E-state index in [2.05, 4.69) is 10.6 Å². The fourth-order valence-electron chi connectivity index (χ4n) is 4.55. The molecule has 0 aromatic heterocycles. The van der Waals surface area contributed by atoms with Crippen LogP contribution in [0.3, 0.4) is 0 Å². The van der Waals surface area contributed by atoms with Gasteiger partial charge in [0.15, 0.2) is 0 Å². The smallest absolute Gasteiger partial charge is 0.251 e. The fourth-order valence-corrected chi connectivity index (χ4v) is 4.55. The molecule has 0 saturated carbocycles. The average Bonchev–Trinajstić information content (AvgIpc) is 3.64. The second kappa shape index (κ2) is 12.9. The minimum absolute atomic E-state index is 0.0142. The standard InChI is InChI=1S/C31H34N4O4/c1-3-7-29(37)35-21-6-9-27(35)31(39)33-25-18-14-23(15-19-25)11-10-22-12-16-24(17-13-22)32-30(38)26-8-5-20-34(26)28(36)4-2/h5-6,8-19,26-27H,3-4,7,20-21H2,1-2H3,(H,32,38)(H,33,39)/b11-10+/t26-,27-/m0/s1. The second-order valence-corrected chi connectivity index (χ2v) is 9.50. The Balaban J connectivity index is 1.30. The zero-order valence-corrected chi connectivity index (χ0v) is 22.3. The van der Waals surface area contributed by atoms with Crippen molar-refractivity contribution in [3.05, 3.63) is 84.0 Å². The molecule has 0 radical (unpaired) electrons. The van der Waals surface area contributed by atoms with Crippen molar-refractivity contribution in [1.29, 1.82) is 0 Å². The zero-order valence-electron chi connectivity index (χ0n) is 22.3. The number of benzene rings is 2. The molecule has 39 heavy (non-hydrogen) atoms. The number of carbonyl (C=O) groups excluding carboxylic acids is 4. The van der Waals surface area contributed by atoms with E-state index in [9.17, 15) is 19.2 Å². The molecule has 2 N–H and O–H groups in total. The molecule has 4 rings (SSSR count). The van der Waals surface area contributed by atoms with E-state index in [-0.39, 0.29) is 23.6 Å². The van der Waals surface area contributed by atoms with Crippen LogP contribution in [0.2, 0.25) is 0 Å². The first-order chi connectivity index (χ1) is 18.9. The number of anilines is 2. The molecule has 202 valence electrons. The number of nitrogens with zero attached hydrogens (tertiary/aromatic N) is 2. The van der Waals surface area contributed by atoms with Gasteiger partial charge in [0.1, 0.15) is 12.1 Å². The number of rotatable bonds is 9. The van der Waals surface area contributed by atoms with Crippen LogP contribution in [0.5, 0.6) is 0 Å². The van der Waals surface area contributed by atoms with E-state index in [0.29, 0.717) is 37.3 Å². The Labute approximate surface area is 229 Å². The lowest BCUT2D eigenvalue weighted by Gasteiger charge is -2.23. The fraction of sp³-hybridized carbons (Fsp3) is 0.290. The van der Waals surface area contributed by atoms with Crippen molar-refractivity contribution >= 4 is 47.2 Å². The molecule has 0 unspecified atom stereocenters. The van der Waals surface area contributed by atoms with Crippen molar-refractivity contribution in [2.75, 3.05) is 23.7 Å². The van der Waals surface area contributed by atoms with Crippen LogP contribution in [0.25, 0.3) is 12.2 Å². The van der Waals surface area contributed by atoms with E-state index in [1.165, 1.54) is 0 Å². The molecule has 0 saturated heterocycles. The number of carbonyl (C=O) groups is 4. The first kappa shape index (κ1) is 27.6. The summed E-state index contributed by atoms with van der Waals surface area (Å²) >= 11 is 0. The van der Waals surface area contributed by atoms with E-state index in [1.54, 1.807) is 28.9 Å². The minimum atomic E-state index is -0.582. The summed E-state index contributed by atoms with van der Waals surface area (Å²) in [6.07, 6.45) is 12.7. The van der Waals surface area contributed by atoms with Crippen LogP contribution in [-0.4, -0.2) is 58.6 Å². The molecule has 8 heteroatoms. The maximum Gasteiger partial charge on any atom is 0.251 e. The number of amides is 4. The van der Waals surface area contributed by atoms with Crippen LogP contribution in [0.1, 0.15) is 44.2 Å². The Kier molecular flexibility index (Phi) is 9.10. The third-order valence-electron chi connectivity index (χ3n) is 6.68. The van der Waals surface area contributed by atoms with Gasteiger partial charge in [0.2, 0.25) is 11.8 Å². The predicted molar refractivity (Wildman–Crippen MR) is 154 cm³/mol. The van der Waals surface area contributed by atoms with Crippen molar-refractivity contribution in [3.8, 4) is 0 Å². The van der Waals surface area contributed by atoms with Crippen LogP contribution in [0, 0.1) is 0 Å². The third kappa shape index (κ3) is 6.90. The molecule has 2 aliphatic heterocycles. The van der Waals surface area contributed by atoms with Gasteiger partial charge in [0.05, 0.1) is 0 Å². The van der Waals surface area contributed by atoms with Crippen LogP contribution in [0.4, 0.5) is 11.4 Å². The highest BCUT2D eigenvalue weighted by Gasteiger charge is 2.30. The number of hydrogen-bond acceptors (Lipinski definition) is 4. The van der Waals surface area contributed by atoms with E-state index in [4.69, 9.17) is 0 Å².